The van der Waals surface area contributed by atoms with E-state index in [2.05, 4.69) is 44.2 Å². The largest absolute Gasteiger partial charge is 0.467 e. The molecule has 3 aromatic rings. The van der Waals surface area contributed by atoms with Crippen molar-refractivity contribution in [3.63, 3.8) is 0 Å². The Labute approximate surface area is 175 Å². The highest BCUT2D eigenvalue weighted by molar-refractivity contribution is 7.80. The van der Waals surface area contributed by atoms with Crippen LogP contribution in [0.3, 0.4) is 0 Å². The lowest BCUT2D eigenvalue weighted by molar-refractivity contribution is 0.0834. The van der Waals surface area contributed by atoms with E-state index >= 15 is 0 Å². The third kappa shape index (κ3) is 3.68. The molecule has 2 aliphatic rings. The van der Waals surface area contributed by atoms with Crippen LogP contribution in [0.25, 0.3) is 0 Å². The molecule has 0 spiro atoms. The molecule has 150 valence electrons. The van der Waals surface area contributed by atoms with E-state index in [0.717, 1.165) is 42.6 Å². The minimum atomic E-state index is -0.0182. The molecule has 2 fully saturated rings. The predicted molar refractivity (Wildman–Crippen MR) is 113 cm³/mol. The Hall–Kier alpha value is -2.64. The smallest absolute Gasteiger partial charge is 0.170 e. The Morgan fingerprint density at radius 2 is 2.14 bits per heavy atom. The van der Waals surface area contributed by atoms with Gasteiger partial charge in [-0.3, -0.25) is 4.98 Å². The van der Waals surface area contributed by atoms with E-state index < -0.39 is 0 Å². The number of nitrogens with zero attached hydrogens (tertiary/aromatic N) is 3. The fourth-order valence-corrected chi connectivity index (χ4v) is 4.66. The molecule has 5 rings (SSSR count). The number of ether oxygens (including phenoxy) is 1. The van der Waals surface area contributed by atoms with Crippen LogP contribution in [0.4, 0.5) is 0 Å². The zero-order chi connectivity index (χ0) is 19.6. The summed E-state index contributed by atoms with van der Waals surface area (Å²) >= 11 is 5.77. The molecule has 1 N–H and O–H groups in total. The van der Waals surface area contributed by atoms with Crippen molar-refractivity contribution in [1.82, 2.24) is 19.8 Å². The second-order valence-electron chi connectivity index (χ2n) is 7.55. The third-order valence-corrected chi connectivity index (χ3v) is 6.05. The van der Waals surface area contributed by atoms with Crippen LogP contribution in [0.15, 0.2) is 65.5 Å². The average Bonchev–Trinajstić information content (AvgIpc) is 3.53. The number of pyridine rings is 1. The Morgan fingerprint density at radius 3 is 2.90 bits per heavy atom. The second kappa shape index (κ2) is 8.00. The summed E-state index contributed by atoms with van der Waals surface area (Å²) in [5.74, 6) is 0.927. The molecule has 6 nitrogen and oxygen atoms in total. The van der Waals surface area contributed by atoms with Gasteiger partial charge in [-0.2, -0.15) is 0 Å². The van der Waals surface area contributed by atoms with Crippen LogP contribution >= 0.6 is 12.2 Å². The van der Waals surface area contributed by atoms with E-state index in [9.17, 15) is 0 Å². The van der Waals surface area contributed by atoms with Crippen molar-refractivity contribution in [2.75, 3.05) is 13.2 Å². The van der Waals surface area contributed by atoms with Crippen molar-refractivity contribution in [2.45, 2.75) is 37.6 Å². The molecule has 3 unspecified atom stereocenters. The van der Waals surface area contributed by atoms with Gasteiger partial charge in [-0.15, -0.1) is 0 Å². The number of hydrogen-bond acceptors (Lipinski definition) is 4. The van der Waals surface area contributed by atoms with Crippen LogP contribution in [0, 0.1) is 0 Å². The third-order valence-electron chi connectivity index (χ3n) is 5.70. The predicted octanol–water partition coefficient (Wildman–Crippen LogP) is 3.68. The highest BCUT2D eigenvalue weighted by atomic mass is 32.1. The molecule has 5 heterocycles. The lowest BCUT2D eigenvalue weighted by Crippen LogP contribution is -2.36. The summed E-state index contributed by atoms with van der Waals surface area (Å²) in [6.45, 7) is 2.30. The minimum absolute atomic E-state index is 0.0182. The molecule has 0 amide bonds. The Morgan fingerprint density at radius 1 is 1.17 bits per heavy atom. The Bertz CT molecular complexity index is 950. The zero-order valence-electron chi connectivity index (χ0n) is 16.1. The molecule has 2 aliphatic heterocycles. The molecule has 7 heteroatoms. The minimum Gasteiger partial charge on any atom is -0.467 e. The van der Waals surface area contributed by atoms with Crippen molar-refractivity contribution in [1.29, 1.82) is 0 Å². The fraction of sp³-hybridized carbons (Fsp3) is 0.364. The van der Waals surface area contributed by atoms with Crippen LogP contribution in [-0.4, -0.2) is 38.8 Å². The topological polar surface area (TPSA) is 55.5 Å². The van der Waals surface area contributed by atoms with E-state index in [1.807, 2.05) is 30.5 Å². The molecule has 0 radical (unpaired) electrons. The van der Waals surface area contributed by atoms with Crippen LogP contribution in [0.1, 0.15) is 42.1 Å². The maximum atomic E-state index is 5.92. The van der Waals surface area contributed by atoms with Crippen LogP contribution < -0.4 is 5.32 Å². The first kappa shape index (κ1) is 18.4. The van der Waals surface area contributed by atoms with Gasteiger partial charge in [-0.25, -0.2) is 0 Å². The molecule has 0 bridgehead atoms. The van der Waals surface area contributed by atoms with Gasteiger partial charge in [0.05, 0.1) is 36.7 Å². The van der Waals surface area contributed by atoms with Gasteiger partial charge in [0.2, 0.25) is 0 Å². The standard InChI is InChI=1S/C22H24N4O2S/c29-22-24-20(18-8-1-2-10-23-18)21(26(22)15-17-7-5-13-28-17)19-9-3-11-25(19)14-16-6-4-12-27-16/h1-4,6,8-12,17,20-21H,5,7,13-15H2,(H,24,29). The van der Waals surface area contributed by atoms with Gasteiger partial charge < -0.3 is 23.9 Å². The number of nitrogens with one attached hydrogen (secondary N) is 1. The first-order valence-electron chi connectivity index (χ1n) is 10.1. The van der Waals surface area contributed by atoms with E-state index in [1.54, 1.807) is 6.26 Å². The molecular formula is C22H24N4O2S. The van der Waals surface area contributed by atoms with E-state index in [1.165, 1.54) is 5.69 Å². The van der Waals surface area contributed by atoms with Crippen LogP contribution in [0.5, 0.6) is 0 Å². The van der Waals surface area contributed by atoms with Crippen LogP contribution in [0.2, 0.25) is 0 Å². The van der Waals surface area contributed by atoms with Gasteiger partial charge in [-0.1, -0.05) is 6.07 Å². The zero-order valence-corrected chi connectivity index (χ0v) is 16.9. The van der Waals surface area contributed by atoms with Gasteiger partial charge in [0.1, 0.15) is 5.76 Å². The van der Waals surface area contributed by atoms with E-state index in [0.29, 0.717) is 6.54 Å². The quantitative estimate of drug-likeness (QED) is 0.628. The first-order valence-corrected chi connectivity index (χ1v) is 10.5. The molecule has 0 aliphatic carbocycles. The van der Waals surface area contributed by atoms with Gasteiger partial charge >= 0.3 is 0 Å². The Balaban J connectivity index is 1.51. The molecule has 0 saturated carbocycles. The Kier molecular flexibility index (Phi) is 5.08. The maximum absolute atomic E-state index is 5.92. The summed E-state index contributed by atoms with van der Waals surface area (Å²) in [6, 6.07) is 14.2. The molecular weight excluding hydrogens is 384 g/mol. The summed E-state index contributed by atoms with van der Waals surface area (Å²) < 4.78 is 13.7. The van der Waals surface area contributed by atoms with Gasteiger partial charge in [0.15, 0.2) is 5.11 Å². The lowest BCUT2D eigenvalue weighted by atomic mass is 10.0. The molecule has 29 heavy (non-hydrogen) atoms. The van der Waals surface area contributed by atoms with Crippen LogP contribution in [-0.2, 0) is 11.3 Å². The number of furan rings is 1. The summed E-state index contributed by atoms with van der Waals surface area (Å²) in [4.78, 5) is 6.90. The number of rotatable bonds is 6. The monoisotopic (exact) mass is 408 g/mol. The summed E-state index contributed by atoms with van der Waals surface area (Å²) in [5.41, 5.74) is 2.17. The molecule has 3 aromatic heterocycles. The van der Waals surface area contributed by atoms with Crippen molar-refractivity contribution < 1.29 is 9.15 Å². The summed E-state index contributed by atoms with van der Waals surface area (Å²) in [7, 11) is 0. The van der Waals surface area contributed by atoms with Crippen molar-refractivity contribution in [2.24, 2.45) is 0 Å². The van der Waals surface area contributed by atoms with Gasteiger partial charge in [0, 0.05) is 31.2 Å². The van der Waals surface area contributed by atoms with E-state index in [-0.39, 0.29) is 18.2 Å². The molecule has 3 atom stereocenters. The van der Waals surface area contributed by atoms with Crippen molar-refractivity contribution >= 4 is 17.3 Å². The second-order valence-corrected chi connectivity index (χ2v) is 7.94. The van der Waals surface area contributed by atoms with E-state index in [4.69, 9.17) is 21.4 Å². The maximum Gasteiger partial charge on any atom is 0.170 e. The number of aromatic nitrogens is 2. The molecule has 0 aromatic carbocycles. The first-order chi connectivity index (χ1) is 14.3. The van der Waals surface area contributed by atoms with Crippen molar-refractivity contribution in [3.8, 4) is 0 Å². The normalized spacial score (nSPS) is 24.2. The average molecular weight is 409 g/mol. The molecule has 2 saturated heterocycles. The lowest BCUT2D eigenvalue weighted by Gasteiger charge is -2.30. The SMILES string of the molecule is S=C1NC(c2ccccn2)C(c2cccn2Cc2ccco2)N1CC1CCCO1. The number of thiocarbonyl (C=S) groups is 1. The summed E-state index contributed by atoms with van der Waals surface area (Å²) in [6.07, 6.45) is 8.05. The highest BCUT2D eigenvalue weighted by Gasteiger charge is 2.42. The highest BCUT2D eigenvalue weighted by Crippen LogP contribution is 2.39. The van der Waals surface area contributed by atoms with Gasteiger partial charge in [0.25, 0.3) is 0 Å². The summed E-state index contributed by atoms with van der Waals surface area (Å²) in [5, 5.41) is 4.28. The van der Waals surface area contributed by atoms with Gasteiger partial charge in [-0.05, 0) is 61.5 Å². The number of hydrogen-bond donors (Lipinski definition) is 1. The fourth-order valence-electron chi connectivity index (χ4n) is 4.34. The van der Waals surface area contributed by atoms with Crippen molar-refractivity contribution in [3.05, 3.63) is 78.3 Å².